The molecular weight excluding hydrogens is 477 g/mol. The van der Waals surface area contributed by atoms with Crippen LogP contribution in [0.5, 0.6) is 5.75 Å². The smallest absolute Gasteiger partial charge is 0.433 e. The fraction of sp³-hybridized carbons (Fsp3) is 0.200. The van der Waals surface area contributed by atoms with Crippen LogP contribution in [0.4, 0.5) is 18.9 Å². The van der Waals surface area contributed by atoms with Gasteiger partial charge in [0.1, 0.15) is 30.4 Å². The number of anilines is 1. The third-order valence-corrected chi connectivity index (χ3v) is 5.04. The van der Waals surface area contributed by atoms with Crippen molar-refractivity contribution in [1.82, 2.24) is 14.8 Å². The molecule has 2 aromatic carbocycles. The van der Waals surface area contributed by atoms with E-state index < -0.39 is 29.4 Å². The standard InChI is InChI=1S/C25H21F3N4O4/c1-16(33)35-11-10-32-14-18-12-21(30-24(34)19-8-5-9-23(29-19)25(26,27)28)22(13-20(18)31-32)36-15-17-6-3-2-4-7-17/h2-9,12-14H,10-11,15H2,1H3,(H,30,34). The van der Waals surface area contributed by atoms with Crippen molar-refractivity contribution < 1.29 is 32.2 Å². The van der Waals surface area contributed by atoms with Crippen molar-refractivity contribution in [3.8, 4) is 5.75 Å². The molecular formula is C25H21F3N4O4. The lowest BCUT2D eigenvalue weighted by Gasteiger charge is -2.13. The number of rotatable bonds is 8. The predicted octanol–water partition coefficient (Wildman–Crippen LogP) is 4.84. The number of halogens is 3. The highest BCUT2D eigenvalue weighted by Gasteiger charge is 2.33. The predicted molar refractivity (Wildman–Crippen MR) is 124 cm³/mol. The molecule has 0 saturated carbocycles. The second kappa shape index (κ2) is 10.5. The molecule has 11 heteroatoms. The largest absolute Gasteiger partial charge is 0.487 e. The van der Waals surface area contributed by atoms with Gasteiger partial charge in [0, 0.05) is 24.6 Å². The molecule has 0 saturated heterocycles. The van der Waals surface area contributed by atoms with Gasteiger partial charge in [-0.2, -0.15) is 18.3 Å². The first-order valence-electron chi connectivity index (χ1n) is 10.9. The van der Waals surface area contributed by atoms with Gasteiger partial charge in [-0.3, -0.25) is 14.3 Å². The minimum absolute atomic E-state index is 0.130. The Morgan fingerprint density at radius 1 is 1.06 bits per heavy atom. The number of fused-ring (bicyclic) bond motifs is 1. The molecule has 2 aromatic heterocycles. The van der Waals surface area contributed by atoms with Crippen molar-refractivity contribution in [3.63, 3.8) is 0 Å². The molecule has 0 fully saturated rings. The Bertz CT molecular complexity index is 1390. The van der Waals surface area contributed by atoms with E-state index in [1.54, 1.807) is 23.0 Å². The van der Waals surface area contributed by atoms with Gasteiger partial charge in [0.05, 0.1) is 17.7 Å². The first-order valence-corrected chi connectivity index (χ1v) is 10.9. The maximum atomic E-state index is 13.0. The third kappa shape index (κ3) is 6.17. The van der Waals surface area contributed by atoms with Gasteiger partial charge in [0.2, 0.25) is 0 Å². The van der Waals surface area contributed by atoms with Crippen LogP contribution in [0.1, 0.15) is 28.7 Å². The Morgan fingerprint density at radius 2 is 1.83 bits per heavy atom. The van der Waals surface area contributed by atoms with Crippen LogP contribution in [-0.4, -0.2) is 33.2 Å². The van der Waals surface area contributed by atoms with Gasteiger partial charge in [0.25, 0.3) is 5.91 Å². The molecule has 4 aromatic rings. The Kier molecular flexibility index (Phi) is 7.18. The van der Waals surface area contributed by atoms with Crippen LogP contribution in [0, 0.1) is 0 Å². The second-order valence-corrected chi connectivity index (χ2v) is 7.77. The highest BCUT2D eigenvalue weighted by atomic mass is 19.4. The van der Waals surface area contributed by atoms with Crippen LogP contribution in [0.15, 0.2) is 66.9 Å². The number of carbonyl (C=O) groups excluding carboxylic acids is 2. The molecule has 0 spiro atoms. The van der Waals surface area contributed by atoms with Gasteiger partial charge in [0.15, 0.2) is 0 Å². The van der Waals surface area contributed by atoms with Crippen molar-refractivity contribution in [2.24, 2.45) is 0 Å². The maximum absolute atomic E-state index is 13.0. The van der Waals surface area contributed by atoms with Gasteiger partial charge >= 0.3 is 12.1 Å². The van der Waals surface area contributed by atoms with Crippen LogP contribution < -0.4 is 10.1 Å². The molecule has 0 unspecified atom stereocenters. The number of nitrogens with one attached hydrogen (secondary N) is 1. The number of carbonyl (C=O) groups is 2. The molecule has 0 aliphatic carbocycles. The fourth-order valence-corrected chi connectivity index (χ4v) is 3.36. The van der Waals surface area contributed by atoms with Gasteiger partial charge in [-0.15, -0.1) is 0 Å². The summed E-state index contributed by atoms with van der Waals surface area (Å²) in [5.41, 5.74) is 0.107. The average Bonchev–Trinajstić information content (AvgIpc) is 3.24. The molecule has 0 bridgehead atoms. The highest BCUT2D eigenvalue weighted by Crippen LogP contribution is 2.32. The van der Waals surface area contributed by atoms with Crippen molar-refractivity contribution in [2.45, 2.75) is 26.3 Å². The topological polar surface area (TPSA) is 95.3 Å². The van der Waals surface area contributed by atoms with E-state index in [4.69, 9.17) is 9.47 Å². The van der Waals surface area contributed by atoms with Crippen molar-refractivity contribution >= 4 is 28.5 Å². The number of pyridine rings is 1. The molecule has 0 aliphatic heterocycles. The molecule has 186 valence electrons. The normalized spacial score (nSPS) is 11.3. The molecule has 1 amide bonds. The number of nitrogens with zero attached hydrogens (tertiary/aromatic N) is 3. The van der Waals surface area contributed by atoms with Gasteiger partial charge in [-0.25, -0.2) is 4.98 Å². The molecule has 0 aliphatic rings. The van der Waals surface area contributed by atoms with E-state index in [0.29, 0.717) is 17.4 Å². The van der Waals surface area contributed by atoms with E-state index >= 15 is 0 Å². The average molecular weight is 498 g/mol. The molecule has 8 nitrogen and oxygen atoms in total. The Balaban J connectivity index is 1.62. The van der Waals surface area contributed by atoms with Crippen molar-refractivity contribution in [2.75, 3.05) is 11.9 Å². The lowest BCUT2D eigenvalue weighted by molar-refractivity contribution is -0.142. The lowest BCUT2D eigenvalue weighted by atomic mass is 10.2. The van der Waals surface area contributed by atoms with Gasteiger partial charge in [-0.05, 0) is 23.8 Å². The van der Waals surface area contributed by atoms with E-state index in [-0.39, 0.29) is 24.7 Å². The summed E-state index contributed by atoms with van der Waals surface area (Å²) in [6, 6.07) is 15.7. The Hall–Kier alpha value is -4.41. The second-order valence-electron chi connectivity index (χ2n) is 7.77. The summed E-state index contributed by atoms with van der Waals surface area (Å²) in [6.45, 7) is 1.93. The Labute approximate surface area is 203 Å². The zero-order valence-corrected chi connectivity index (χ0v) is 19.1. The highest BCUT2D eigenvalue weighted by molar-refractivity contribution is 6.05. The summed E-state index contributed by atoms with van der Waals surface area (Å²) in [7, 11) is 0. The molecule has 1 N–H and O–H groups in total. The SMILES string of the molecule is CC(=O)OCCn1cc2cc(NC(=O)c3cccc(C(F)(F)F)n3)c(OCc3ccccc3)cc2n1. The number of ether oxygens (including phenoxy) is 2. The molecule has 4 rings (SSSR count). The zero-order chi connectivity index (χ0) is 25.7. The number of benzene rings is 2. The van der Waals surface area contributed by atoms with Gasteiger partial charge in [-0.1, -0.05) is 36.4 Å². The number of amides is 1. The number of alkyl halides is 3. The van der Waals surface area contributed by atoms with E-state index in [2.05, 4.69) is 15.4 Å². The monoisotopic (exact) mass is 498 g/mol. The third-order valence-electron chi connectivity index (χ3n) is 5.04. The minimum Gasteiger partial charge on any atom is -0.487 e. The van der Waals surface area contributed by atoms with Crippen LogP contribution in [0.2, 0.25) is 0 Å². The van der Waals surface area contributed by atoms with Crippen molar-refractivity contribution in [3.05, 3.63) is 83.8 Å². The lowest BCUT2D eigenvalue weighted by Crippen LogP contribution is -2.17. The van der Waals surface area contributed by atoms with E-state index in [1.165, 1.54) is 13.0 Å². The number of esters is 1. The first kappa shape index (κ1) is 24.7. The van der Waals surface area contributed by atoms with Crippen LogP contribution in [0.25, 0.3) is 10.9 Å². The fourth-order valence-electron chi connectivity index (χ4n) is 3.36. The summed E-state index contributed by atoms with van der Waals surface area (Å²) in [6.07, 6.45) is -2.99. The van der Waals surface area contributed by atoms with E-state index in [9.17, 15) is 22.8 Å². The van der Waals surface area contributed by atoms with Crippen LogP contribution >= 0.6 is 0 Å². The molecule has 36 heavy (non-hydrogen) atoms. The van der Waals surface area contributed by atoms with E-state index in [0.717, 1.165) is 17.7 Å². The van der Waals surface area contributed by atoms with E-state index in [1.807, 2.05) is 30.3 Å². The van der Waals surface area contributed by atoms with Crippen LogP contribution in [0.3, 0.4) is 0 Å². The number of aromatic nitrogens is 3. The maximum Gasteiger partial charge on any atom is 0.433 e. The summed E-state index contributed by atoms with van der Waals surface area (Å²) >= 11 is 0. The molecule has 2 heterocycles. The van der Waals surface area contributed by atoms with Gasteiger partial charge < -0.3 is 14.8 Å². The number of hydrogen-bond acceptors (Lipinski definition) is 6. The summed E-state index contributed by atoms with van der Waals surface area (Å²) in [5, 5.41) is 7.67. The Morgan fingerprint density at radius 3 is 2.56 bits per heavy atom. The van der Waals surface area contributed by atoms with Crippen molar-refractivity contribution in [1.29, 1.82) is 0 Å². The summed E-state index contributed by atoms with van der Waals surface area (Å²) in [4.78, 5) is 27.2. The first-order chi connectivity index (χ1) is 17.2. The quantitative estimate of drug-likeness (QED) is 0.349. The molecule has 0 radical (unpaired) electrons. The summed E-state index contributed by atoms with van der Waals surface area (Å²) in [5.74, 6) is -0.958. The zero-order valence-electron chi connectivity index (χ0n) is 19.1. The minimum atomic E-state index is -4.68. The number of hydrogen-bond donors (Lipinski definition) is 1. The molecule has 0 atom stereocenters. The summed E-state index contributed by atoms with van der Waals surface area (Å²) < 4.78 is 51.6. The van der Waals surface area contributed by atoms with Crippen LogP contribution in [-0.2, 0) is 28.9 Å².